The molecule has 35 heavy (non-hydrogen) atoms. The number of carboxylic acid groups (broad SMARTS) is 1. The third-order valence-electron chi connectivity index (χ3n) is 8.31. The van der Waals surface area contributed by atoms with Gasteiger partial charge >= 0.3 is 0 Å². The first-order chi connectivity index (χ1) is 16.9. The first kappa shape index (κ1) is 23.6. The van der Waals surface area contributed by atoms with Crippen LogP contribution >= 0.6 is 0 Å². The predicted molar refractivity (Wildman–Crippen MR) is 130 cm³/mol. The molecule has 2 N–H and O–H groups in total. The molecule has 0 saturated heterocycles. The van der Waals surface area contributed by atoms with Crippen LogP contribution in [0.4, 0.5) is 0 Å². The van der Waals surface area contributed by atoms with Gasteiger partial charge in [-0.1, -0.05) is 60.7 Å². The van der Waals surface area contributed by atoms with E-state index < -0.39 is 24.0 Å². The van der Waals surface area contributed by atoms with E-state index in [-0.39, 0.29) is 17.7 Å². The first-order valence-corrected chi connectivity index (χ1v) is 12.8. The van der Waals surface area contributed by atoms with E-state index in [9.17, 15) is 19.5 Å². The SMILES string of the molecule is O=C(N[C@H](Cc1ccccc1)C(=O)[O-])[C@H](Cc1ccccc1)NC(=O)C12CC3CC(CC(C3)C1)C2. The van der Waals surface area contributed by atoms with Crippen LogP contribution in [0.25, 0.3) is 0 Å². The Morgan fingerprint density at radius 2 is 1.20 bits per heavy atom. The second kappa shape index (κ2) is 9.84. The number of benzene rings is 2. The molecule has 0 aromatic heterocycles. The monoisotopic (exact) mass is 473 g/mol. The number of nitrogens with one attached hydrogen (secondary N) is 2. The lowest BCUT2D eigenvalue weighted by molar-refractivity contribution is -0.308. The highest BCUT2D eigenvalue weighted by Crippen LogP contribution is 2.60. The van der Waals surface area contributed by atoms with E-state index in [0.29, 0.717) is 24.2 Å². The van der Waals surface area contributed by atoms with Crippen molar-refractivity contribution < 1.29 is 19.5 Å². The van der Waals surface area contributed by atoms with Gasteiger partial charge in [-0.25, -0.2) is 0 Å². The van der Waals surface area contributed by atoms with Gasteiger partial charge in [-0.2, -0.15) is 0 Å². The molecule has 0 unspecified atom stereocenters. The molecule has 0 aliphatic heterocycles. The van der Waals surface area contributed by atoms with E-state index in [4.69, 9.17) is 0 Å². The molecule has 2 aromatic carbocycles. The molecule has 0 heterocycles. The van der Waals surface area contributed by atoms with Crippen LogP contribution in [0.3, 0.4) is 0 Å². The van der Waals surface area contributed by atoms with Crippen LogP contribution in [0.5, 0.6) is 0 Å². The summed E-state index contributed by atoms with van der Waals surface area (Å²) in [4.78, 5) is 38.9. The molecule has 4 aliphatic carbocycles. The van der Waals surface area contributed by atoms with Crippen LogP contribution < -0.4 is 15.7 Å². The third-order valence-corrected chi connectivity index (χ3v) is 8.31. The summed E-state index contributed by atoms with van der Waals surface area (Å²) in [5.41, 5.74) is 1.31. The predicted octanol–water partition coefficient (Wildman–Crippen LogP) is 2.41. The van der Waals surface area contributed by atoms with Gasteiger partial charge in [0, 0.05) is 11.8 Å². The average Bonchev–Trinajstić information content (AvgIpc) is 2.83. The van der Waals surface area contributed by atoms with Crippen LogP contribution in [0.15, 0.2) is 60.7 Å². The van der Waals surface area contributed by atoms with Crippen molar-refractivity contribution in [2.24, 2.45) is 23.2 Å². The largest absolute Gasteiger partial charge is 0.548 e. The highest BCUT2D eigenvalue weighted by molar-refractivity contribution is 5.92. The topological polar surface area (TPSA) is 98.3 Å². The zero-order valence-electron chi connectivity index (χ0n) is 20.0. The van der Waals surface area contributed by atoms with Crippen molar-refractivity contribution >= 4 is 17.8 Å². The zero-order valence-corrected chi connectivity index (χ0v) is 20.0. The van der Waals surface area contributed by atoms with Crippen molar-refractivity contribution in [3.05, 3.63) is 71.8 Å². The fourth-order valence-corrected chi connectivity index (χ4v) is 7.07. The van der Waals surface area contributed by atoms with Gasteiger partial charge in [0.2, 0.25) is 11.8 Å². The maximum Gasteiger partial charge on any atom is 0.243 e. The van der Waals surface area contributed by atoms with Crippen LogP contribution in [0.1, 0.15) is 49.7 Å². The van der Waals surface area contributed by atoms with Crippen molar-refractivity contribution in [3.63, 3.8) is 0 Å². The molecule has 4 fully saturated rings. The number of carboxylic acids is 1. The number of carbonyl (C=O) groups is 3. The summed E-state index contributed by atoms with van der Waals surface area (Å²) in [6.07, 6.45) is 6.82. The quantitative estimate of drug-likeness (QED) is 0.584. The summed E-state index contributed by atoms with van der Waals surface area (Å²) in [6, 6.07) is 16.6. The number of hydrogen-bond donors (Lipinski definition) is 2. The molecule has 4 saturated carbocycles. The fourth-order valence-electron chi connectivity index (χ4n) is 7.07. The Labute approximate surface area is 206 Å². The van der Waals surface area contributed by atoms with Crippen LogP contribution in [0.2, 0.25) is 0 Å². The van der Waals surface area contributed by atoms with E-state index in [0.717, 1.165) is 30.4 Å². The normalized spacial score (nSPS) is 28.2. The number of hydrogen-bond acceptors (Lipinski definition) is 4. The Morgan fingerprint density at radius 1 is 0.743 bits per heavy atom. The Hall–Kier alpha value is -3.15. The number of rotatable bonds is 9. The second-order valence-electron chi connectivity index (χ2n) is 11.0. The van der Waals surface area contributed by atoms with Gasteiger partial charge in [0.15, 0.2) is 0 Å². The minimum atomic E-state index is -1.34. The molecular formula is C29H33N2O4-. The van der Waals surface area contributed by atoms with Crippen LogP contribution in [0, 0.1) is 23.2 Å². The average molecular weight is 474 g/mol. The summed E-state index contributed by atoms with van der Waals surface area (Å²) in [7, 11) is 0. The van der Waals surface area contributed by atoms with Gasteiger partial charge in [0.1, 0.15) is 6.04 Å². The second-order valence-corrected chi connectivity index (χ2v) is 11.0. The minimum absolute atomic E-state index is 0.0410. The molecule has 2 atom stereocenters. The summed E-state index contributed by atoms with van der Waals surface area (Å²) in [5.74, 6) is -0.0314. The van der Waals surface area contributed by atoms with E-state index in [1.807, 2.05) is 60.7 Å². The van der Waals surface area contributed by atoms with E-state index in [1.54, 1.807) is 0 Å². The van der Waals surface area contributed by atoms with Gasteiger partial charge in [0.05, 0.1) is 12.0 Å². The minimum Gasteiger partial charge on any atom is -0.548 e. The summed E-state index contributed by atoms with van der Waals surface area (Å²) < 4.78 is 0. The van der Waals surface area contributed by atoms with Crippen molar-refractivity contribution in [2.75, 3.05) is 0 Å². The number of aliphatic carboxylic acids is 1. The number of carbonyl (C=O) groups excluding carboxylic acids is 3. The van der Waals surface area contributed by atoms with E-state index >= 15 is 0 Å². The lowest BCUT2D eigenvalue weighted by Crippen LogP contribution is -2.59. The van der Waals surface area contributed by atoms with Crippen molar-refractivity contribution in [3.8, 4) is 0 Å². The Bertz CT molecular complexity index is 1030. The molecule has 2 amide bonds. The molecular weight excluding hydrogens is 440 g/mol. The van der Waals surface area contributed by atoms with Crippen LogP contribution in [-0.4, -0.2) is 29.9 Å². The highest BCUT2D eigenvalue weighted by Gasteiger charge is 2.55. The molecule has 0 spiro atoms. The standard InChI is InChI=1S/C29H34N2O4/c32-26(30-25(27(33)34)15-20-9-5-2-6-10-20)24(14-19-7-3-1-4-8-19)31-28(35)29-16-21-11-22(17-29)13-23(12-21)18-29/h1-10,21-25H,11-18H2,(H,30,32)(H,31,35)(H,33,34)/p-1/t21?,22?,23?,24-,25+,29?/m0/s1. The van der Waals surface area contributed by atoms with Gasteiger partial charge in [-0.3, -0.25) is 9.59 Å². The van der Waals surface area contributed by atoms with E-state index in [2.05, 4.69) is 10.6 Å². The van der Waals surface area contributed by atoms with Gasteiger partial charge in [-0.05, 0) is 73.8 Å². The van der Waals surface area contributed by atoms with E-state index in [1.165, 1.54) is 19.3 Å². The molecule has 6 heteroatoms. The maximum atomic E-state index is 13.7. The molecule has 6 nitrogen and oxygen atoms in total. The highest BCUT2D eigenvalue weighted by atomic mass is 16.4. The summed E-state index contributed by atoms with van der Waals surface area (Å²) in [5, 5.41) is 17.6. The molecule has 6 rings (SSSR count). The zero-order chi connectivity index (χ0) is 24.4. The Morgan fingerprint density at radius 3 is 1.66 bits per heavy atom. The summed E-state index contributed by atoms with van der Waals surface area (Å²) in [6.45, 7) is 0. The Balaban J connectivity index is 1.33. The van der Waals surface area contributed by atoms with Crippen LogP contribution in [-0.2, 0) is 27.2 Å². The van der Waals surface area contributed by atoms with Crippen molar-refractivity contribution in [2.45, 2.75) is 63.5 Å². The Kier molecular flexibility index (Phi) is 6.63. The third kappa shape index (κ3) is 5.26. The summed E-state index contributed by atoms with van der Waals surface area (Å²) >= 11 is 0. The maximum absolute atomic E-state index is 13.7. The van der Waals surface area contributed by atoms with Gasteiger partial charge in [-0.15, -0.1) is 0 Å². The molecule has 2 aromatic rings. The molecule has 0 radical (unpaired) electrons. The lowest BCUT2D eigenvalue weighted by Gasteiger charge is -2.55. The first-order valence-electron chi connectivity index (χ1n) is 12.8. The van der Waals surface area contributed by atoms with Crippen molar-refractivity contribution in [1.82, 2.24) is 10.6 Å². The molecule has 4 aliphatic rings. The molecule has 184 valence electrons. The van der Waals surface area contributed by atoms with Gasteiger partial charge < -0.3 is 20.5 Å². The smallest absolute Gasteiger partial charge is 0.243 e. The fraction of sp³-hybridized carbons (Fsp3) is 0.483. The molecule has 4 bridgehead atoms. The lowest BCUT2D eigenvalue weighted by atomic mass is 9.49. The van der Waals surface area contributed by atoms with Gasteiger partial charge in [0.25, 0.3) is 0 Å². The number of amides is 2. The van der Waals surface area contributed by atoms with Crippen molar-refractivity contribution in [1.29, 1.82) is 0 Å².